The minimum Gasteiger partial charge on any atom is -0.256 e. The molecular weight excluding hydrogens is 354 g/mol. The van der Waals surface area contributed by atoms with Crippen LogP contribution in [-0.2, 0) is 21.1 Å². The minimum atomic E-state index is 0. The van der Waals surface area contributed by atoms with Gasteiger partial charge >= 0.3 is 0 Å². The summed E-state index contributed by atoms with van der Waals surface area (Å²) in [5.74, 6) is 0.598. The first-order valence-corrected chi connectivity index (χ1v) is 5.43. The number of rotatable bonds is 1. The first-order valence-electron chi connectivity index (χ1n) is 5.43. The van der Waals surface area contributed by atoms with Gasteiger partial charge in [0.15, 0.2) is 0 Å². The van der Waals surface area contributed by atoms with E-state index in [9.17, 15) is 0 Å². The van der Waals surface area contributed by atoms with Crippen molar-refractivity contribution in [1.29, 1.82) is 0 Å². The fourth-order valence-electron chi connectivity index (χ4n) is 1.65. The largest absolute Gasteiger partial charge is 0.256 e. The van der Waals surface area contributed by atoms with Crippen molar-refractivity contribution in [2.45, 2.75) is 34.1 Å². The van der Waals surface area contributed by atoms with E-state index in [1.165, 1.54) is 16.8 Å². The molecule has 2 rings (SSSR count). The van der Waals surface area contributed by atoms with Crippen molar-refractivity contribution in [3.63, 3.8) is 0 Å². The normalized spacial score (nSPS) is 16.7. The molecule has 2 heteroatoms. The molecule has 2 aliphatic rings. The standard InChI is InChI=1S/C11H13N.C2H6.W/c1-8(2)10-7-12-11-6-4-3-5-9(10)11;1-2;/h3-4,6-8H,5H2,1-2H3;1-2H3;. The molecule has 0 atom stereocenters. The molecule has 0 saturated carbocycles. The van der Waals surface area contributed by atoms with Gasteiger partial charge in [-0.05, 0) is 29.6 Å². The summed E-state index contributed by atoms with van der Waals surface area (Å²) in [6.07, 6.45) is 9.43. The topological polar surface area (TPSA) is 12.4 Å². The van der Waals surface area contributed by atoms with Gasteiger partial charge in [-0.1, -0.05) is 39.8 Å². The summed E-state index contributed by atoms with van der Waals surface area (Å²) in [6, 6.07) is 0. The third kappa shape index (κ3) is 3.27. The van der Waals surface area contributed by atoms with Crippen molar-refractivity contribution < 1.29 is 21.1 Å². The van der Waals surface area contributed by atoms with Crippen molar-refractivity contribution in [2.24, 2.45) is 10.9 Å². The number of allylic oxidation sites excluding steroid dienone is 5. The number of hydrogen-bond acceptors (Lipinski definition) is 1. The van der Waals surface area contributed by atoms with Crippen LogP contribution in [0.2, 0.25) is 0 Å². The molecule has 0 fully saturated rings. The van der Waals surface area contributed by atoms with E-state index >= 15 is 0 Å². The summed E-state index contributed by atoms with van der Waals surface area (Å²) in [5.41, 5.74) is 4.00. The first kappa shape index (κ1) is 14.6. The van der Waals surface area contributed by atoms with E-state index < -0.39 is 0 Å². The maximum absolute atomic E-state index is 4.37. The predicted octanol–water partition coefficient (Wildman–Crippen LogP) is 3.89. The predicted molar refractivity (Wildman–Crippen MR) is 63.5 cm³/mol. The van der Waals surface area contributed by atoms with Gasteiger partial charge in [0, 0.05) is 27.3 Å². The molecule has 1 aliphatic heterocycles. The zero-order chi connectivity index (χ0) is 10.6. The molecule has 15 heavy (non-hydrogen) atoms. The summed E-state index contributed by atoms with van der Waals surface area (Å²) in [5, 5.41) is 0. The van der Waals surface area contributed by atoms with Gasteiger partial charge in [-0.3, -0.25) is 4.99 Å². The van der Waals surface area contributed by atoms with Crippen LogP contribution in [0.4, 0.5) is 0 Å². The van der Waals surface area contributed by atoms with Crippen LogP contribution in [0.1, 0.15) is 34.1 Å². The maximum atomic E-state index is 4.37. The Morgan fingerprint density at radius 2 is 1.93 bits per heavy atom. The van der Waals surface area contributed by atoms with Crippen LogP contribution in [-0.4, -0.2) is 6.21 Å². The first-order chi connectivity index (χ1) is 6.79. The van der Waals surface area contributed by atoms with Crippen molar-refractivity contribution in [3.05, 3.63) is 35.1 Å². The number of fused-ring (bicyclic) bond motifs is 1. The summed E-state index contributed by atoms with van der Waals surface area (Å²) in [6.45, 7) is 8.44. The number of aliphatic imine (C=N–C) groups is 1. The Bertz CT molecular complexity index is 319. The molecular formula is C13H19NW. The monoisotopic (exact) mass is 373 g/mol. The smallest absolute Gasteiger partial charge is 0.0668 e. The second-order valence-electron chi connectivity index (χ2n) is 3.53. The van der Waals surface area contributed by atoms with E-state index in [0.29, 0.717) is 5.92 Å². The van der Waals surface area contributed by atoms with Gasteiger partial charge in [-0.2, -0.15) is 0 Å². The fraction of sp³-hybridized carbons (Fsp3) is 0.462. The molecule has 82 valence electrons. The minimum absolute atomic E-state index is 0. The molecule has 0 aromatic rings. The maximum Gasteiger partial charge on any atom is 0.0668 e. The van der Waals surface area contributed by atoms with Crippen LogP contribution in [0.3, 0.4) is 0 Å². The Morgan fingerprint density at radius 1 is 1.27 bits per heavy atom. The zero-order valence-corrected chi connectivity index (χ0v) is 12.9. The van der Waals surface area contributed by atoms with E-state index in [2.05, 4.69) is 37.1 Å². The molecule has 0 spiro atoms. The van der Waals surface area contributed by atoms with Crippen LogP contribution in [0.25, 0.3) is 0 Å². The molecule has 1 aliphatic carbocycles. The molecule has 0 radical (unpaired) electrons. The van der Waals surface area contributed by atoms with Gasteiger partial charge in [0.1, 0.15) is 0 Å². The Labute approximate surface area is 107 Å². The fourth-order valence-corrected chi connectivity index (χ4v) is 1.65. The van der Waals surface area contributed by atoms with Crippen LogP contribution in [0, 0.1) is 5.92 Å². The molecule has 0 aromatic carbocycles. The van der Waals surface area contributed by atoms with Gasteiger partial charge in [0.2, 0.25) is 0 Å². The van der Waals surface area contributed by atoms with Gasteiger partial charge in [-0.25, -0.2) is 0 Å². The van der Waals surface area contributed by atoms with Crippen LogP contribution in [0.5, 0.6) is 0 Å². The summed E-state index contributed by atoms with van der Waals surface area (Å²) < 4.78 is 0. The van der Waals surface area contributed by atoms with Gasteiger partial charge in [-0.15, -0.1) is 0 Å². The quantitative estimate of drug-likeness (QED) is 0.662. The molecule has 1 nitrogen and oxygen atoms in total. The van der Waals surface area contributed by atoms with Crippen LogP contribution >= 0.6 is 0 Å². The van der Waals surface area contributed by atoms with Gasteiger partial charge in [0.25, 0.3) is 0 Å². The molecule has 0 aromatic heterocycles. The zero-order valence-electron chi connectivity index (χ0n) is 9.95. The second kappa shape index (κ2) is 6.95. The van der Waals surface area contributed by atoms with E-state index in [4.69, 9.17) is 0 Å². The van der Waals surface area contributed by atoms with Crippen molar-refractivity contribution in [2.75, 3.05) is 0 Å². The summed E-state index contributed by atoms with van der Waals surface area (Å²) in [7, 11) is 0. The Balaban J connectivity index is 0.000000617. The number of hydrogen-bond donors (Lipinski definition) is 0. The van der Waals surface area contributed by atoms with Gasteiger partial charge < -0.3 is 0 Å². The molecule has 0 N–H and O–H groups in total. The molecule has 0 unspecified atom stereocenters. The molecule has 0 amide bonds. The average molecular weight is 373 g/mol. The SMILES string of the molecule is CC.CC(C)C1=C2CC=CC=C2N=C1.[W]. The Hall–Kier alpha value is -0.422. The van der Waals surface area contributed by atoms with Gasteiger partial charge in [0.05, 0.1) is 5.70 Å². The Kier molecular flexibility index (Phi) is 6.76. The second-order valence-corrected chi connectivity index (χ2v) is 3.53. The van der Waals surface area contributed by atoms with E-state index in [0.717, 1.165) is 6.42 Å². The number of nitrogens with zero attached hydrogens (tertiary/aromatic N) is 1. The summed E-state index contributed by atoms with van der Waals surface area (Å²) >= 11 is 0. The summed E-state index contributed by atoms with van der Waals surface area (Å²) in [4.78, 5) is 4.37. The van der Waals surface area contributed by atoms with E-state index in [1.807, 2.05) is 20.1 Å². The van der Waals surface area contributed by atoms with Crippen molar-refractivity contribution in [3.8, 4) is 0 Å². The molecule has 0 bridgehead atoms. The van der Waals surface area contributed by atoms with E-state index in [1.54, 1.807) is 0 Å². The van der Waals surface area contributed by atoms with Crippen LogP contribution < -0.4 is 0 Å². The average Bonchev–Trinajstić information content (AvgIpc) is 2.64. The van der Waals surface area contributed by atoms with E-state index in [-0.39, 0.29) is 21.1 Å². The van der Waals surface area contributed by atoms with Crippen molar-refractivity contribution in [1.82, 2.24) is 0 Å². The molecule has 0 saturated heterocycles. The third-order valence-corrected chi connectivity index (χ3v) is 2.33. The van der Waals surface area contributed by atoms with Crippen LogP contribution in [0.15, 0.2) is 40.1 Å². The Morgan fingerprint density at radius 3 is 2.53 bits per heavy atom. The third-order valence-electron chi connectivity index (χ3n) is 2.33. The molecule has 1 heterocycles. The van der Waals surface area contributed by atoms with Crippen molar-refractivity contribution >= 4 is 6.21 Å².